The van der Waals surface area contributed by atoms with Crippen molar-refractivity contribution in [2.45, 2.75) is 70.9 Å². The summed E-state index contributed by atoms with van der Waals surface area (Å²) < 4.78 is 0. The van der Waals surface area contributed by atoms with Crippen molar-refractivity contribution in [3.8, 4) is 0 Å². The fraction of sp³-hybridized carbons (Fsp3) is 0.667. The number of anilines is 1. The van der Waals surface area contributed by atoms with E-state index in [2.05, 4.69) is 41.2 Å². The summed E-state index contributed by atoms with van der Waals surface area (Å²) in [4.78, 5) is 22.6. The molecule has 0 aliphatic heterocycles. The SMILES string of the molecule is CC1=C(c2c(C)ncnc2NC2CCC(N(C)C)CC2)C(CC(=O)O)CC1. The smallest absolute Gasteiger partial charge is 0.303 e. The Hall–Kier alpha value is -1.95. The molecule has 2 aliphatic rings. The zero-order chi connectivity index (χ0) is 19.6. The number of carboxylic acids is 1. The summed E-state index contributed by atoms with van der Waals surface area (Å²) >= 11 is 0. The van der Waals surface area contributed by atoms with Crippen molar-refractivity contribution in [1.29, 1.82) is 0 Å². The average Bonchev–Trinajstić information content (AvgIpc) is 2.95. The van der Waals surface area contributed by atoms with Gasteiger partial charge in [0.25, 0.3) is 0 Å². The van der Waals surface area contributed by atoms with Crippen LogP contribution in [0.25, 0.3) is 5.57 Å². The molecule has 6 heteroatoms. The van der Waals surface area contributed by atoms with E-state index in [0.29, 0.717) is 12.1 Å². The van der Waals surface area contributed by atoms with Crippen molar-refractivity contribution < 1.29 is 9.90 Å². The fourth-order valence-corrected chi connectivity index (χ4v) is 4.69. The summed E-state index contributed by atoms with van der Waals surface area (Å²) in [5.74, 6) is 0.192. The predicted octanol–water partition coefficient (Wildman–Crippen LogP) is 3.73. The van der Waals surface area contributed by atoms with Crippen LogP contribution >= 0.6 is 0 Å². The molecule has 0 spiro atoms. The summed E-state index contributed by atoms with van der Waals surface area (Å²) in [6.45, 7) is 4.12. The first-order valence-electron chi connectivity index (χ1n) is 10.0. The highest BCUT2D eigenvalue weighted by Crippen LogP contribution is 2.43. The molecule has 0 radical (unpaired) electrons. The molecular weight excluding hydrogens is 340 g/mol. The summed E-state index contributed by atoms with van der Waals surface area (Å²) in [5, 5.41) is 13.0. The molecule has 0 bridgehead atoms. The van der Waals surface area contributed by atoms with E-state index in [9.17, 15) is 9.90 Å². The summed E-state index contributed by atoms with van der Waals surface area (Å²) in [5.41, 5.74) is 4.40. The van der Waals surface area contributed by atoms with E-state index in [1.165, 1.54) is 18.4 Å². The first kappa shape index (κ1) is 19.8. The number of hydrogen-bond donors (Lipinski definition) is 2. The number of aromatic nitrogens is 2. The van der Waals surface area contributed by atoms with Gasteiger partial charge in [0, 0.05) is 17.6 Å². The predicted molar refractivity (Wildman–Crippen MR) is 108 cm³/mol. The Morgan fingerprint density at radius 2 is 1.89 bits per heavy atom. The number of hydrogen-bond acceptors (Lipinski definition) is 5. The molecular formula is C21H32N4O2. The maximum Gasteiger partial charge on any atom is 0.303 e. The molecule has 1 fully saturated rings. The normalized spacial score (nSPS) is 25.9. The molecule has 1 heterocycles. The summed E-state index contributed by atoms with van der Waals surface area (Å²) in [6, 6.07) is 1.07. The van der Waals surface area contributed by atoms with Crippen LogP contribution in [0, 0.1) is 12.8 Å². The zero-order valence-corrected chi connectivity index (χ0v) is 17.0. The quantitative estimate of drug-likeness (QED) is 0.792. The lowest BCUT2D eigenvalue weighted by atomic mass is 9.88. The van der Waals surface area contributed by atoms with Gasteiger partial charge >= 0.3 is 5.97 Å². The van der Waals surface area contributed by atoms with E-state index < -0.39 is 5.97 Å². The van der Waals surface area contributed by atoms with E-state index in [1.54, 1.807) is 6.33 Å². The lowest BCUT2D eigenvalue weighted by molar-refractivity contribution is -0.137. The number of nitrogens with zero attached hydrogens (tertiary/aromatic N) is 3. The van der Waals surface area contributed by atoms with Crippen molar-refractivity contribution >= 4 is 17.4 Å². The van der Waals surface area contributed by atoms with Crippen LogP contribution in [-0.2, 0) is 4.79 Å². The molecule has 0 saturated heterocycles. The van der Waals surface area contributed by atoms with Gasteiger partial charge in [-0.15, -0.1) is 0 Å². The summed E-state index contributed by atoms with van der Waals surface area (Å²) in [7, 11) is 4.31. The highest BCUT2D eigenvalue weighted by Gasteiger charge is 2.31. The fourth-order valence-electron chi connectivity index (χ4n) is 4.69. The third-order valence-electron chi connectivity index (χ3n) is 6.23. The molecule has 148 valence electrons. The minimum atomic E-state index is -0.738. The van der Waals surface area contributed by atoms with Crippen LogP contribution in [0.4, 0.5) is 5.82 Å². The second-order valence-electron chi connectivity index (χ2n) is 8.32. The van der Waals surface area contributed by atoms with Crippen molar-refractivity contribution in [1.82, 2.24) is 14.9 Å². The van der Waals surface area contributed by atoms with Crippen molar-refractivity contribution in [2.24, 2.45) is 5.92 Å². The molecule has 0 aromatic carbocycles. The molecule has 1 unspecified atom stereocenters. The monoisotopic (exact) mass is 372 g/mol. The Morgan fingerprint density at radius 3 is 2.52 bits per heavy atom. The molecule has 27 heavy (non-hydrogen) atoms. The average molecular weight is 373 g/mol. The maximum absolute atomic E-state index is 11.3. The number of allylic oxidation sites excluding steroid dienone is 2. The Morgan fingerprint density at radius 1 is 1.19 bits per heavy atom. The van der Waals surface area contributed by atoms with Gasteiger partial charge in [-0.2, -0.15) is 0 Å². The number of rotatable bonds is 6. The Labute approximate surface area is 162 Å². The third-order valence-corrected chi connectivity index (χ3v) is 6.23. The van der Waals surface area contributed by atoms with Crippen molar-refractivity contribution in [3.63, 3.8) is 0 Å². The lowest BCUT2D eigenvalue weighted by Crippen LogP contribution is -2.36. The number of aryl methyl sites for hydroxylation is 1. The van der Waals surface area contributed by atoms with E-state index in [0.717, 1.165) is 48.3 Å². The molecule has 3 rings (SSSR count). The minimum Gasteiger partial charge on any atom is -0.481 e. The largest absolute Gasteiger partial charge is 0.481 e. The third kappa shape index (κ3) is 4.49. The molecule has 6 nitrogen and oxygen atoms in total. The summed E-state index contributed by atoms with van der Waals surface area (Å²) in [6.07, 6.45) is 8.27. The molecule has 2 N–H and O–H groups in total. The van der Waals surface area contributed by atoms with E-state index in [4.69, 9.17) is 0 Å². The lowest BCUT2D eigenvalue weighted by Gasteiger charge is -2.33. The zero-order valence-electron chi connectivity index (χ0n) is 17.0. The van der Waals surface area contributed by atoms with Gasteiger partial charge in [0.1, 0.15) is 12.1 Å². The van der Waals surface area contributed by atoms with Crippen molar-refractivity contribution in [2.75, 3.05) is 19.4 Å². The van der Waals surface area contributed by atoms with Gasteiger partial charge in [-0.25, -0.2) is 9.97 Å². The molecule has 0 amide bonds. The first-order valence-corrected chi connectivity index (χ1v) is 10.0. The van der Waals surface area contributed by atoms with Crippen LogP contribution in [0.1, 0.15) is 63.1 Å². The number of carboxylic acid groups (broad SMARTS) is 1. The Kier molecular flexibility index (Phi) is 6.15. The topological polar surface area (TPSA) is 78.4 Å². The van der Waals surface area contributed by atoms with Crippen LogP contribution < -0.4 is 5.32 Å². The molecule has 1 atom stereocenters. The number of aliphatic carboxylic acids is 1. The van der Waals surface area contributed by atoms with E-state index >= 15 is 0 Å². The van der Waals surface area contributed by atoms with Crippen LogP contribution in [-0.4, -0.2) is 52.1 Å². The number of nitrogens with one attached hydrogen (secondary N) is 1. The first-order chi connectivity index (χ1) is 12.9. The standard InChI is InChI=1S/C21H32N4O2/c1-13-5-6-15(11-18(26)27)19(13)20-14(2)22-12-23-21(20)24-16-7-9-17(10-8-16)25(3)4/h12,15-17H,5-11H2,1-4H3,(H,26,27)(H,22,23,24). The van der Waals surface area contributed by atoms with Crippen molar-refractivity contribution in [3.05, 3.63) is 23.2 Å². The Bertz CT molecular complexity index is 721. The van der Waals surface area contributed by atoms with Gasteiger partial charge in [-0.05, 0) is 78.0 Å². The molecule has 1 saturated carbocycles. The molecule has 2 aliphatic carbocycles. The second kappa shape index (κ2) is 8.38. The van der Waals surface area contributed by atoms with Crippen LogP contribution in [0.5, 0.6) is 0 Å². The van der Waals surface area contributed by atoms with Gasteiger partial charge in [0.2, 0.25) is 0 Å². The maximum atomic E-state index is 11.3. The molecule has 1 aromatic heterocycles. The van der Waals surface area contributed by atoms with Crippen LogP contribution in [0.3, 0.4) is 0 Å². The van der Waals surface area contributed by atoms with Crippen LogP contribution in [0.15, 0.2) is 11.9 Å². The molecule has 1 aromatic rings. The van der Waals surface area contributed by atoms with Gasteiger partial charge < -0.3 is 15.3 Å². The van der Waals surface area contributed by atoms with Gasteiger partial charge in [0.15, 0.2) is 0 Å². The van der Waals surface area contributed by atoms with Crippen LogP contribution in [0.2, 0.25) is 0 Å². The van der Waals surface area contributed by atoms with E-state index in [-0.39, 0.29) is 12.3 Å². The highest BCUT2D eigenvalue weighted by molar-refractivity contribution is 5.83. The number of carbonyl (C=O) groups is 1. The van der Waals surface area contributed by atoms with Gasteiger partial charge in [-0.1, -0.05) is 5.57 Å². The van der Waals surface area contributed by atoms with Gasteiger partial charge in [-0.3, -0.25) is 4.79 Å². The highest BCUT2D eigenvalue weighted by atomic mass is 16.4. The second-order valence-corrected chi connectivity index (χ2v) is 8.32. The van der Waals surface area contributed by atoms with Gasteiger partial charge in [0.05, 0.1) is 12.1 Å². The minimum absolute atomic E-state index is 0.0530. The van der Waals surface area contributed by atoms with E-state index in [1.807, 2.05) is 6.92 Å². The Balaban J connectivity index is 1.83.